The van der Waals surface area contributed by atoms with Crippen LogP contribution in [0.4, 0.5) is 0 Å². The van der Waals surface area contributed by atoms with Crippen molar-refractivity contribution in [1.82, 2.24) is 24.4 Å². The van der Waals surface area contributed by atoms with Crippen molar-refractivity contribution in [3.8, 4) is 16.9 Å². The summed E-state index contributed by atoms with van der Waals surface area (Å²) in [5.74, 6) is 0.818. The van der Waals surface area contributed by atoms with Gasteiger partial charge in [-0.1, -0.05) is 42.5 Å². The molecule has 5 rings (SSSR count). The van der Waals surface area contributed by atoms with Gasteiger partial charge in [0.05, 0.1) is 24.6 Å². The van der Waals surface area contributed by atoms with Crippen LogP contribution in [0.15, 0.2) is 67.0 Å². The summed E-state index contributed by atoms with van der Waals surface area (Å²) in [5.41, 5.74) is 5.37. The molecule has 0 aliphatic carbocycles. The molecular weight excluding hydrogens is 414 g/mol. The van der Waals surface area contributed by atoms with E-state index in [4.69, 9.17) is 4.74 Å². The molecular formula is C26H27N5O2. The molecule has 2 aromatic heterocycles. The Morgan fingerprint density at radius 1 is 0.970 bits per heavy atom. The maximum Gasteiger partial charge on any atom is 0.257 e. The van der Waals surface area contributed by atoms with Crippen molar-refractivity contribution in [2.75, 3.05) is 33.3 Å². The zero-order valence-corrected chi connectivity index (χ0v) is 18.9. The summed E-state index contributed by atoms with van der Waals surface area (Å²) >= 11 is 0. The maximum atomic E-state index is 13.3. The number of methoxy groups -OCH3 is 1. The number of aryl methyl sites for hydroxylation is 1. The third-order valence-electron chi connectivity index (χ3n) is 6.31. The van der Waals surface area contributed by atoms with Crippen LogP contribution in [0.5, 0.6) is 5.75 Å². The molecule has 0 unspecified atom stereocenters. The minimum atomic E-state index is 0.0164. The number of piperazine rings is 1. The Bertz CT molecular complexity index is 1260. The Hall–Kier alpha value is -3.71. The first-order valence-electron chi connectivity index (χ1n) is 11.2. The van der Waals surface area contributed by atoms with Gasteiger partial charge in [0.25, 0.3) is 5.91 Å². The van der Waals surface area contributed by atoms with Crippen molar-refractivity contribution < 1.29 is 9.53 Å². The summed E-state index contributed by atoms with van der Waals surface area (Å²) in [7, 11) is 1.65. The van der Waals surface area contributed by atoms with E-state index in [0.29, 0.717) is 18.7 Å². The predicted molar refractivity (Wildman–Crippen MR) is 127 cm³/mol. The Morgan fingerprint density at radius 3 is 2.39 bits per heavy atom. The van der Waals surface area contributed by atoms with Crippen LogP contribution >= 0.6 is 0 Å². The zero-order valence-electron chi connectivity index (χ0n) is 18.9. The van der Waals surface area contributed by atoms with Crippen molar-refractivity contribution >= 4 is 11.6 Å². The lowest BCUT2D eigenvalue weighted by Crippen LogP contribution is -2.48. The summed E-state index contributed by atoms with van der Waals surface area (Å²) in [6, 6.07) is 18.3. The van der Waals surface area contributed by atoms with Crippen LogP contribution in [0.2, 0.25) is 0 Å². The summed E-state index contributed by atoms with van der Waals surface area (Å²) in [6.07, 6.45) is 3.49. The van der Waals surface area contributed by atoms with E-state index in [9.17, 15) is 4.79 Å². The summed E-state index contributed by atoms with van der Waals surface area (Å²) in [4.78, 5) is 22.2. The van der Waals surface area contributed by atoms with Crippen LogP contribution in [0.1, 0.15) is 21.6 Å². The van der Waals surface area contributed by atoms with Gasteiger partial charge >= 0.3 is 0 Å². The number of ether oxygens (including phenoxy) is 1. The number of nitrogens with zero attached hydrogens (tertiary/aromatic N) is 5. The highest BCUT2D eigenvalue weighted by atomic mass is 16.5. The Balaban J connectivity index is 1.31. The Morgan fingerprint density at radius 2 is 1.70 bits per heavy atom. The Kier molecular flexibility index (Phi) is 5.79. The molecule has 0 spiro atoms. The van der Waals surface area contributed by atoms with Crippen LogP contribution in [0.3, 0.4) is 0 Å². The number of fused-ring (bicyclic) bond motifs is 1. The topological polar surface area (TPSA) is 63.0 Å². The molecule has 0 bridgehead atoms. The third kappa shape index (κ3) is 4.19. The normalized spacial score (nSPS) is 14.5. The summed E-state index contributed by atoms with van der Waals surface area (Å²) in [6.45, 7) is 5.98. The largest absolute Gasteiger partial charge is 0.497 e. The van der Waals surface area contributed by atoms with E-state index >= 15 is 0 Å². The van der Waals surface area contributed by atoms with Crippen LogP contribution < -0.4 is 4.74 Å². The maximum absolute atomic E-state index is 13.3. The molecule has 1 fully saturated rings. The van der Waals surface area contributed by atoms with Crippen LogP contribution in [-0.4, -0.2) is 63.6 Å². The third-order valence-corrected chi connectivity index (χ3v) is 6.31. The fourth-order valence-electron chi connectivity index (χ4n) is 4.35. The molecule has 33 heavy (non-hydrogen) atoms. The first-order valence-corrected chi connectivity index (χ1v) is 11.2. The lowest BCUT2D eigenvalue weighted by atomic mass is 10.1. The van der Waals surface area contributed by atoms with Gasteiger partial charge in [0.2, 0.25) is 0 Å². The van der Waals surface area contributed by atoms with Gasteiger partial charge in [0.15, 0.2) is 5.65 Å². The number of hydrogen-bond acceptors (Lipinski definition) is 5. The predicted octanol–water partition coefficient (Wildman–Crippen LogP) is 3.67. The molecule has 0 atom stereocenters. The zero-order chi connectivity index (χ0) is 22.8. The second kappa shape index (κ2) is 9.03. The van der Waals surface area contributed by atoms with Gasteiger partial charge in [0.1, 0.15) is 5.75 Å². The highest BCUT2D eigenvalue weighted by Gasteiger charge is 2.25. The van der Waals surface area contributed by atoms with Gasteiger partial charge in [-0.3, -0.25) is 9.69 Å². The van der Waals surface area contributed by atoms with E-state index in [1.165, 1.54) is 5.56 Å². The lowest BCUT2D eigenvalue weighted by molar-refractivity contribution is 0.0626. The number of carbonyl (C=O) groups is 1. The fourth-order valence-corrected chi connectivity index (χ4v) is 4.35. The van der Waals surface area contributed by atoms with E-state index in [1.807, 2.05) is 42.2 Å². The van der Waals surface area contributed by atoms with E-state index in [1.54, 1.807) is 24.0 Å². The average molecular weight is 442 g/mol. The van der Waals surface area contributed by atoms with E-state index in [2.05, 4.69) is 39.2 Å². The standard InChI is InChI=1S/C26H27N5O2/c1-19-23(26(32)30-14-12-29(13-15-30)18-20-6-4-3-5-7-20)16-27-25-24(17-28-31(19)25)21-8-10-22(33-2)11-9-21/h3-11,16-17H,12-15,18H2,1-2H3. The summed E-state index contributed by atoms with van der Waals surface area (Å²) < 4.78 is 7.01. The second-order valence-corrected chi connectivity index (χ2v) is 8.33. The van der Waals surface area contributed by atoms with Crippen LogP contribution in [-0.2, 0) is 6.54 Å². The van der Waals surface area contributed by atoms with E-state index in [-0.39, 0.29) is 5.91 Å². The monoisotopic (exact) mass is 441 g/mol. The van der Waals surface area contributed by atoms with Gasteiger partial charge in [-0.2, -0.15) is 5.10 Å². The lowest BCUT2D eigenvalue weighted by Gasteiger charge is -2.35. The molecule has 1 aliphatic rings. The van der Waals surface area contributed by atoms with Gasteiger partial charge in [-0.05, 0) is 30.2 Å². The van der Waals surface area contributed by atoms with Crippen molar-refractivity contribution in [3.63, 3.8) is 0 Å². The van der Waals surface area contributed by atoms with Crippen LogP contribution in [0.25, 0.3) is 16.8 Å². The molecule has 3 heterocycles. The van der Waals surface area contributed by atoms with Gasteiger partial charge in [-0.25, -0.2) is 9.50 Å². The number of amides is 1. The first kappa shape index (κ1) is 21.2. The molecule has 1 aliphatic heterocycles. The van der Waals surface area contributed by atoms with E-state index in [0.717, 1.165) is 47.9 Å². The van der Waals surface area contributed by atoms with Crippen molar-refractivity contribution in [3.05, 3.63) is 83.8 Å². The number of aromatic nitrogens is 3. The smallest absolute Gasteiger partial charge is 0.257 e. The van der Waals surface area contributed by atoms with Crippen molar-refractivity contribution in [2.45, 2.75) is 13.5 Å². The molecule has 0 saturated carbocycles. The SMILES string of the molecule is COc1ccc(-c2cnn3c(C)c(C(=O)N4CCN(Cc5ccccc5)CC4)cnc23)cc1. The van der Waals surface area contributed by atoms with Gasteiger partial charge in [-0.15, -0.1) is 0 Å². The number of hydrogen-bond donors (Lipinski definition) is 0. The number of carbonyl (C=O) groups excluding carboxylic acids is 1. The quantitative estimate of drug-likeness (QED) is 0.473. The molecule has 0 radical (unpaired) electrons. The van der Waals surface area contributed by atoms with Crippen molar-refractivity contribution in [2.24, 2.45) is 0 Å². The molecule has 4 aromatic rings. The second-order valence-electron chi connectivity index (χ2n) is 8.33. The number of benzene rings is 2. The van der Waals surface area contributed by atoms with Crippen molar-refractivity contribution in [1.29, 1.82) is 0 Å². The Labute approximate surface area is 193 Å². The molecule has 2 aromatic carbocycles. The average Bonchev–Trinajstić information content (AvgIpc) is 3.30. The highest BCUT2D eigenvalue weighted by Crippen LogP contribution is 2.27. The number of rotatable bonds is 5. The van der Waals surface area contributed by atoms with E-state index < -0.39 is 0 Å². The van der Waals surface area contributed by atoms with Gasteiger partial charge in [0, 0.05) is 44.5 Å². The fraction of sp³-hybridized carbons (Fsp3) is 0.269. The minimum absolute atomic E-state index is 0.0164. The van der Waals surface area contributed by atoms with Crippen LogP contribution in [0, 0.1) is 6.92 Å². The molecule has 1 saturated heterocycles. The van der Waals surface area contributed by atoms with Gasteiger partial charge < -0.3 is 9.64 Å². The molecule has 1 amide bonds. The molecule has 168 valence electrons. The molecule has 0 N–H and O–H groups in total. The summed E-state index contributed by atoms with van der Waals surface area (Å²) in [5, 5.41) is 4.53. The molecule has 7 heteroatoms. The molecule has 7 nitrogen and oxygen atoms in total. The minimum Gasteiger partial charge on any atom is -0.497 e. The first-order chi connectivity index (χ1) is 16.1. The highest BCUT2D eigenvalue weighted by molar-refractivity contribution is 5.95.